The second-order valence-corrected chi connectivity index (χ2v) is 8.47. The van der Waals surface area contributed by atoms with Crippen molar-refractivity contribution < 1.29 is 9.53 Å². The zero-order valence-electron chi connectivity index (χ0n) is 20.0. The van der Waals surface area contributed by atoms with Gasteiger partial charge in [0.05, 0.1) is 23.0 Å². The number of carbonyl (C=O) groups is 1. The molecule has 2 aromatic carbocycles. The number of aromatic nitrogens is 6. The Morgan fingerprint density at radius 2 is 1.80 bits per heavy atom. The molecule has 5 rings (SSSR count). The molecule has 35 heavy (non-hydrogen) atoms. The van der Waals surface area contributed by atoms with Crippen molar-refractivity contribution in [3.63, 3.8) is 0 Å². The monoisotopic (exact) mass is 467 g/mol. The van der Waals surface area contributed by atoms with Gasteiger partial charge in [0.25, 0.3) is 5.91 Å². The van der Waals surface area contributed by atoms with E-state index in [9.17, 15) is 4.79 Å². The standard InChI is InChI=1S/C26H25N7O2/c1-16-9-10-21(18(3)11-16)32-25-20(13-29-32)26(28-15-27-25)33-23(12-19(4)31-33)30-24(34)14-35-22-8-6-5-7-17(22)2/h5-13,15H,14H2,1-4H3,(H,30,34). The average molecular weight is 468 g/mol. The Morgan fingerprint density at radius 1 is 0.971 bits per heavy atom. The Labute approximate surface area is 202 Å². The number of amides is 1. The summed E-state index contributed by atoms with van der Waals surface area (Å²) in [7, 11) is 0. The molecule has 9 heteroatoms. The second-order valence-electron chi connectivity index (χ2n) is 8.47. The molecule has 3 heterocycles. The van der Waals surface area contributed by atoms with E-state index in [4.69, 9.17) is 4.74 Å². The summed E-state index contributed by atoms with van der Waals surface area (Å²) in [5.74, 6) is 1.38. The largest absolute Gasteiger partial charge is 0.483 e. The van der Waals surface area contributed by atoms with E-state index >= 15 is 0 Å². The lowest BCUT2D eigenvalue weighted by atomic mass is 10.1. The van der Waals surface area contributed by atoms with E-state index in [1.165, 1.54) is 11.9 Å². The lowest BCUT2D eigenvalue weighted by Crippen LogP contribution is -2.22. The summed E-state index contributed by atoms with van der Waals surface area (Å²) < 4.78 is 9.07. The van der Waals surface area contributed by atoms with E-state index in [-0.39, 0.29) is 12.5 Å². The molecule has 0 aliphatic carbocycles. The van der Waals surface area contributed by atoms with Gasteiger partial charge in [0, 0.05) is 6.07 Å². The van der Waals surface area contributed by atoms with Crippen molar-refractivity contribution in [2.75, 3.05) is 11.9 Å². The Bertz CT molecular complexity index is 1550. The topological polar surface area (TPSA) is 99.8 Å². The summed E-state index contributed by atoms with van der Waals surface area (Å²) in [5, 5.41) is 12.7. The highest BCUT2D eigenvalue weighted by molar-refractivity contribution is 5.92. The second kappa shape index (κ2) is 9.02. The minimum Gasteiger partial charge on any atom is -0.483 e. The van der Waals surface area contributed by atoms with Crippen LogP contribution in [-0.2, 0) is 4.79 Å². The SMILES string of the molecule is Cc1ccc(-n2ncc3c(-n4nc(C)cc4NC(=O)COc4ccccc4C)ncnc32)c(C)c1. The first kappa shape index (κ1) is 22.3. The number of benzene rings is 2. The fourth-order valence-electron chi connectivity index (χ4n) is 4.01. The van der Waals surface area contributed by atoms with Crippen molar-refractivity contribution in [3.8, 4) is 17.3 Å². The molecule has 0 spiro atoms. The molecule has 0 saturated heterocycles. The Morgan fingerprint density at radius 3 is 2.60 bits per heavy atom. The lowest BCUT2D eigenvalue weighted by Gasteiger charge is -2.11. The molecule has 0 aliphatic heterocycles. The number of hydrogen-bond donors (Lipinski definition) is 1. The third-order valence-electron chi connectivity index (χ3n) is 5.68. The number of para-hydroxylation sites is 1. The summed E-state index contributed by atoms with van der Waals surface area (Å²) in [6.45, 7) is 7.76. The number of fused-ring (bicyclic) bond motifs is 1. The highest BCUT2D eigenvalue weighted by atomic mass is 16.5. The highest BCUT2D eigenvalue weighted by Gasteiger charge is 2.18. The number of rotatable bonds is 6. The van der Waals surface area contributed by atoms with Crippen LogP contribution < -0.4 is 10.1 Å². The van der Waals surface area contributed by atoms with Gasteiger partial charge in [-0.25, -0.2) is 14.6 Å². The summed E-state index contributed by atoms with van der Waals surface area (Å²) in [6.07, 6.45) is 3.19. The van der Waals surface area contributed by atoms with E-state index in [2.05, 4.69) is 38.5 Å². The van der Waals surface area contributed by atoms with Crippen LogP contribution >= 0.6 is 0 Å². The molecule has 5 aromatic rings. The van der Waals surface area contributed by atoms with Crippen molar-refractivity contribution >= 4 is 22.8 Å². The van der Waals surface area contributed by atoms with Crippen molar-refractivity contribution in [1.29, 1.82) is 0 Å². The molecule has 176 valence electrons. The Hall–Kier alpha value is -4.53. The first-order valence-electron chi connectivity index (χ1n) is 11.2. The normalized spacial score (nSPS) is 11.1. The maximum atomic E-state index is 12.7. The molecule has 0 fully saturated rings. The van der Waals surface area contributed by atoms with Crippen molar-refractivity contribution in [3.05, 3.63) is 83.4 Å². The predicted octanol–water partition coefficient (Wildman–Crippen LogP) is 4.25. The van der Waals surface area contributed by atoms with Crippen LogP contribution in [0.3, 0.4) is 0 Å². The number of anilines is 1. The van der Waals surface area contributed by atoms with Gasteiger partial charge >= 0.3 is 0 Å². The first-order valence-corrected chi connectivity index (χ1v) is 11.2. The fraction of sp³-hybridized carbons (Fsp3) is 0.192. The molecule has 0 bridgehead atoms. The predicted molar refractivity (Wildman–Crippen MR) is 133 cm³/mol. The van der Waals surface area contributed by atoms with Crippen LogP contribution in [0.2, 0.25) is 0 Å². The number of ether oxygens (including phenoxy) is 1. The number of nitrogens with one attached hydrogen (secondary N) is 1. The fourth-order valence-corrected chi connectivity index (χ4v) is 4.01. The van der Waals surface area contributed by atoms with E-state index in [1.807, 2.05) is 57.2 Å². The van der Waals surface area contributed by atoms with Gasteiger partial charge in [-0.15, -0.1) is 0 Å². The third-order valence-corrected chi connectivity index (χ3v) is 5.68. The van der Waals surface area contributed by atoms with Crippen LogP contribution in [0.5, 0.6) is 5.75 Å². The van der Waals surface area contributed by atoms with E-state index in [0.29, 0.717) is 28.4 Å². The smallest absolute Gasteiger partial charge is 0.263 e. The van der Waals surface area contributed by atoms with Crippen molar-refractivity contribution in [1.82, 2.24) is 29.5 Å². The third kappa shape index (κ3) is 4.35. The number of hydrogen-bond acceptors (Lipinski definition) is 6. The van der Waals surface area contributed by atoms with Gasteiger partial charge in [0.2, 0.25) is 0 Å². The molecule has 1 N–H and O–H groups in total. The van der Waals surface area contributed by atoms with Crippen LogP contribution in [0.1, 0.15) is 22.4 Å². The average Bonchev–Trinajstić information content (AvgIpc) is 3.42. The van der Waals surface area contributed by atoms with Crippen LogP contribution in [0.25, 0.3) is 22.5 Å². The number of carbonyl (C=O) groups excluding carboxylic acids is 1. The minimum absolute atomic E-state index is 0.126. The van der Waals surface area contributed by atoms with Gasteiger partial charge < -0.3 is 10.1 Å². The summed E-state index contributed by atoms with van der Waals surface area (Å²) in [4.78, 5) is 21.6. The zero-order valence-corrected chi connectivity index (χ0v) is 20.0. The molecule has 9 nitrogen and oxygen atoms in total. The van der Waals surface area contributed by atoms with Crippen molar-refractivity contribution in [2.24, 2.45) is 0 Å². The van der Waals surface area contributed by atoms with Crippen LogP contribution in [0, 0.1) is 27.7 Å². The quantitative estimate of drug-likeness (QED) is 0.401. The van der Waals surface area contributed by atoms with Gasteiger partial charge in [0.1, 0.15) is 17.9 Å². The van der Waals surface area contributed by atoms with E-state index < -0.39 is 0 Å². The van der Waals surface area contributed by atoms with Crippen molar-refractivity contribution in [2.45, 2.75) is 27.7 Å². The number of aryl methyl sites for hydroxylation is 4. The van der Waals surface area contributed by atoms with Gasteiger partial charge in [-0.1, -0.05) is 35.9 Å². The molecule has 0 unspecified atom stereocenters. The first-order chi connectivity index (χ1) is 16.9. The van der Waals surface area contributed by atoms with Crippen LogP contribution in [0.15, 0.2) is 61.1 Å². The molecular weight excluding hydrogens is 442 g/mol. The van der Waals surface area contributed by atoms with Gasteiger partial charge in [-0.05, 0) is 51.0 Å². The Balaban J connectivity index is 1.45. The lowest BCUT2D eigenvalue weighted by molar-refractivity contribution is -0.118. The molecule has 0 atom stereocenters. The van der Waals surface area contributed by atoms with Crippen LogP contribution in [0.4, 0.5) is 5.82 Å². The van der Waals surface area contributed by atoms with Crippen LogP contribution in [-0.4, -0.2) is 42.0 Å². The Kier molecular flexibility index (Phi) is 5.74. The molecular formula is C26H25N7O2. The summed E-state index contributed by atoms with van der Waals surface area (Å²) >= 11 is 0. The van der Waals surface area contributed by atoms with Gasteiger partial charge in [0.15, 0.2) is 18.1 Å². The molecule has 3 aromatic heterocycles. The summed E-state index contributed by atoms with van der Waals surface area (Å²) in [5.41, 5.74) is 5.55. The van der Waals surface area contributed by atoms with Gasteiger partial charge in [-0.3, -0.25) is 4.79 Å². The highest BCUT2D eigenvalue weighted by Crippen LogP contribution is 2.25. The minimum atomic E-state index is -0.300. The molecule has 1 amide bonds. The maximum Gasteiger partial charge on any atom is 0.263 e. The molecule has 0 saturated carbocycles. The molecule has 0 aliphatic rings. The number of nitrogens with zero attached hydrogens (tertiary/aromatic N) is 6. The summed E-state index contributed by atoms with van der Waals surface area (Å²) in [6, 6.07) is 15.5. The maximum absolute atomic E-state index is 12.7. The van der Waals surface area contributed by atoms with E-state index in [0.717, 1.165) is 22.5 Å². The molecule has 0 radical (unpaired) electrons. The zero-order chi connectivity index (χ0) is 24.5. The van der Waals surface area contributed by atoms with E-state index in [1.54, 1.807) is 21.6 Å². The van der Waals surface area contributed by atoms with Gasteiger partial charge in [-0.2, -0.15) is 14.9 Å².